The number of tetrazole rings is 1. The van der Waals surface area contributed by atoms with Crippen LogP contribution in [-0.2, 0) is 17.6 Å². The number of hydrogen-bond acceptors (Lipinski definition) is 6. The maximum atomic E-state index is 12.6. The highest BCUT2D eigenvalue weighted by molar-refractivity contribution is 7.99. The zero-order valence-electron chi connectivity index (χ0n) is 17.1. The first-order valence-electron chi connectivity index (χ1n) is 9.54. The van der Waals surface area contributed by atoms with Gasteiger partial charge >= 0.3 is 0 Å². The fraction of sp³-hybridized carbons (Fsp3) is 0.333. The number of thioether (sulfide) groups is 1. The second kappa shape index (κ2) is 9.56. The molecule has 0 unspecified atom stereocenters. The Kier molecular flexibility index (Phi) is 6.87. The summed E-state index contributed by atoms with van der Waals surface area (Å²) in [5, 5.41) is 15.5. The van der Waals surface area contributed by atoms with E-state index in [0.29, 0.717) is 10.9 Å². The highest BCUT2D eigenvalue weighted by Gasteiger charge is 2.16. The number of benzene rings is 2. The summed E-state index contributed by atoms with van der Waals surface area (Å²) in [4.78, 5) is 12.6. The molecule has 0 spiro atoms. The van der Waals surface area contributed by atoms with Crippen molar-refractivity contribution in [1.29, 1.82) is 0 Å². The number of nitrogens with zero attached hydrogens (tertiary/aromatic N) is 4. The molecule has 0 atom stereocenters. The molecule has 0 saturated heterocycles. The van der Waals surface area contributed by atoms with Crippen LogP contribution in [0.2, 0.25) is 0 Å². The number of aromatic nitrogens is 4. The van der Waals surface area contributed by atoms with Crippen molar-refractivity contribution in [1.82, 2.24) is 20.2 Å². The predicted molar refractivity (Wildman–Crippen MR) is 115 cm³/mol. The summed E-state index contributed by atoms with van der Waals surface area (Å²) in [6, 6.07) is 11.9. The Hall–Kier alpha value is -2.87. The maximum Gasteiger partial charge on any atom is 0.234 e. The van der Waals surface area contributed by atoms with E-state index in [1.54, 1.807) is 11.8 Å². The molecule has 29 heavy (non-hydrogen) atoms. The van der Waals surface area contributed by atoms with Gasteiger partial charge in [0.15, 0.2) is 0 Å². The van der Waals surface area contributed by atoms with Crippen molar-refractivity contribution in [2.75, 3.05) is 18.2 Å². The third-order valence-electron chi connectivity index (χ3n) is 4.60. The zero-order chi connectivity index (χ0) is 20.8. The molecule has 8 heteroatoms. The molecule has 152 valence electrons. The molecule has 0 radical (unpaired) electrons. The molecule has 0 saturated carbocycles. The number of carbonyl (C=O) groups excluding carboxylic acids is 1. The Morgan fingerprint density at radius 2 is 1.90 bits per heavy atom. The van der Waals surface area contributed by atoms with E-state index in [9.17, 15) is 4.79 Å². The highest BCUT2D eigenvalue weighted by Crippen LogP contribution is 2.27. The second-order valence-electron chi connectivity index (χ2n) is 6.54. The predicted octanol–water partition coefficient (Wildman–Crippen LogP) is 3.83. The number of para-hydroxylation sites is 1. The van der Waals surface area contributed by atoms with Crippen LogP contribution in [0.1, 0.15) is 30.5 Å². The molecular formula is C21H25N5O2S. The Morgan fingerprint density at radius 3 is 2.55 bits per heavy atom. The van der Waals surface area contributed by atoms with Crippen LogP contribution in [0.3, 0.4) is 0 Å². The molecule has 3 aromatic rings. The van der Waals surface area contributed by atoms with Gasteiger partial charge in [-0.1, -0.05) is 49.9 Å². The Balaban J connectivity index is 1.75. The van der Waals surface area contributed by atoms with Gasteiger partial charge in [-0.05, 0) is 59.0 Å². The Labute approximate surface area is 174 Å². The number of nitrogens with one attached hydrogen (secondary N) is 1. The molecule has 1 aromatic heterocycles. The van der Waals surface area contributed by atoms with E-state index in [1.807, 2.05) is 43.3 Å². The number of rotatable bonds is 8. The van der Waals surface area contributed by atoms with Crippen LogP contribution in [0, 0.1) is 6.92 Å². The molecule has 1 N–H and O–H groups in total. The lowest BCUT2D eigenvalue weighted by Gasteiger charge is -2.14. The third-order valence-corrected chi connectivity index (χ3v) is 5.52. The number of carbonyl (C=O) groups is 1. The first kappa shape index (κ1) is 20.9. The third kappa shape index (κ3) is 4.76. The Bertz CT molecular complexity index is 980. The number of aryl methyl sites for hydroxylation is 3. The van der Waals surface area contributed by atoms with E-state index in [2.05, 4.69) is 34.7 Å². The van der Waals surface area contributed by atoms with Crippen molar-refractivity contribution in [2.24, 2.45) is 0 Å². The smallest absolute Gasteiger partial charge is 0.234 e. The lowest BCUT2D eigenvalue weighted by atomic mass is 10.0. The quantitative estimate of drug-likeness (QED) is 0.567. The van der Waals surface area contributed by atoms with Crippen LogP contribution in [0.5, 0.6) is 5.75 Å². The van der Waals surface area contributed by atoms with Crippen LogP contribution in [0.15, 0.2) is 41.6 Å². The minimum absolute atomic E-state index is 0.0867. The molecule has 0 aliphatic heterocycles. The topological polar surface area (TPSA) is 81.9 Å². The number of methoxy groups -OCH3 is 1. The van der Waals surface area contributed by atoms with E-state index in [4.69, 9.17) is 4.74 Å². The number of hydrogen-bond donors (Lipinski definition) is 1. The average molecular weight is 412 g/mol. The molecule has 1 amide bonds. The summed E-state index contributed by atoms with van der Waals surface area (Å²) < 4.78 is 7.03. The number of amides is 1. The molecular weight excluding hydrogens is 386 g/mol. The monoisotopic (exact) mass is 411 g/mol. The van der Waals surface area contributed by atoms with Gasteiger partial charge in [-0.3, -0.25) is 4.79 Å². The number of ether oxygens (including phenoxy) is 1. The standard InChI is InChI=1S/C21H25N5O2S/c1-5-15-8-7-9-16(6-2)20(15)22-19(27)13-29-21-23-24-25-26(21)17-12-14(3)10-11-18(17)28-4/h7-12H,5-6,13H2,1-4H3,(H,22,27). The molecule has 2 aromatic carbocycles. The minimum Gasteiger partial charge on any atom is -0.494 e. The largest absolute Gasteiger partial charge is 0.494 e. The lowest BCUT2D eigenvalue weighted by Crippen LogP contribution is -2.17. The summed E-state index contributed by atoms with van der Waals surface area (Å²) in [6.45, 7) is 6.16. The molecule has 0 aliphatic carbocycles. The number of anilines is 1. The fourth-order valence-corrected chi connectivity index (χ4v) is 3.78. The summed E-state index contributed by atoms with van der Waals surface area (Å²) in [6.07, 6.45) is 1.73. The van der Waals surface area contributed by atoms with Gasteiger partial charge in [0.25, 0.3) is 0 Å². The summed E-state index contributed by atoms with van der Waals surface area (Å²) in [7, 11) is 1.61. The highest BCUT2D eigenvalue weighted by atomic mass is 32.2. The van der Waals surface area contributed by atoms with Gasteiger partial charge in [0.1, 0.15) is 11.4 Å². The van der Waals surface area contributed by atoms with Gasteiger partial charge in [-0.15, -0.1) is 5.10 Å². The maximum absolute atomic E-state index is 12.6. The van der Waals surface area contributed by atoms with Crippen LogP contribution in [0.25, 0.3) is 5.69 Å². The SMILES string of the molecule is CCc1cccc(CC)c1NC(=O)CSc1nnnn1-c1cc(C)ccc1OC. The molecule has 0 fully saturated rings. The Morgan fingerprint density at radius 1 is 1.17 bits per heavy atom. The van der Waals surface area contributed by atoms with Crippen molar-refractivity contribution in [3.8, 4) is 11.4 Å². The summed E-state index contributed by atoms with van der Waals surface area (Å²) in [5.41, 5.74) is 5.00. The minimum atomic E-state index is -0.0867. The van der Waals surface area contributed by atoms with E-state index in [0.717, 1.165) is 40.9 Å². The molecule has 7 nitrogen and oxygen atoms in total. The van der Waals surface area contributed by atoms with E-state index in [-0.39, 0.29) is 11.7 Å². The van der Waals surface area contributed by atoms with E-state index in [1.165, 1.54) is 11.8 Å². The first-order valence-corrected chi connectivity index (χ1v) is 10.5. The molecule has 0 bridgehead atoms. The van der Waals surface area contributed by atoms with Crippen LogP contribution >= 0.6 is 11.8 Å². The molecule has 3 rings (SSSR count). The van der Waals surface area contributed by atoms with E-state index >= 15 is 0 Å². The van der Waals surface area contributed by atoms with Crippen molar-refractivity contribution in [2.45, 2.75) is 38.8 Å². The van der Waals surface area contributed by atoms with Crippen molar-refractivity contribution >= 4 is 23.4 Å². The summed E-state index contributed by atoms with van der Waals surface area (Å²) >= 11 is 1.29. The zero-order valence-corrected chi connectivity index (χ0v) is 17.9. The van der Waals surface area contributed by atoms with Gasteiger partial charge in [0, 0.05) is 5.69 Å². The van der Waals surface area contributed by atoms with Gasteiger partial charge in [-0.25, -0.2) is 0 Å². The molecule has 1 heterocycles. The van der Waals surface area contributed by atoms with Gasteiger partial charge in [0.2, 0.25) is 11.1 Å². The van der Waals surface area contributed by atoms with Crippen molar-refractivity contribution in [3.63, 3.8) is 0 Å². The second-order valence-corrected chi connectivity index (χ2v) is 7.49. The van der Waals surface area contributed by atoms with Crippen LogP contribution < -0.4 is 10.1 Å². The lowest BCUT2D eigenvalue weighted by molar-refractivity contribution is -0.113. The van der Waals surface area contributed by atoms with Crippen molar-refractivity contribution in [3.05, 3.63) is 53.1 Å². The first-order chi connectivity index (χ1) is 14.1. The van der Waals surface area contributed by atoms with Gasteiger partial charge in [-0.2, -0.15) is 4.68 Å². The van der Waals surface area contributed by atoms with Gasteiger partial charge in [0.05, 0.1) is 12.9 Å². The normalized spacial score (nSPS) is 10.8. The molecule has 0 aliphatic rings. The summed E-state index contributed by atoms with van der Waals surface area (Å²) in [5.74, 6) is 0.783. The van der Waals surface area contributed by atoms with E-state index < -0.39 is 0 Å². The average Bonchev–Trinajstić information content (AvgIpc) is 3.20. The van der Waals surface area contributed by atoms with Crippen LogP contribution in [0.4, 0.5) is 5.69 Å². The fourth-order valence-electron chi connectivity index (χ4n) is 3.09. The van der Waals surface area contributed by atoms with Crippen molar-refractivity contribution < 1.29 is 9.53 Å². The van der Waals surface area contributed by atoms with Crippen LogP contribution in [-0.4, -0.2) is 39.0 Å². The van der Waals surface area contributed by atoms with Gasteiger partial charge < -0.3 is 10.1 Å².